The van der Waals surface area contributed by atoms with Crippen molar-refractivity contribution in [2.75, 3.05) is 5.73 Å². The Kier molecular flexibility index (Phi) is 7.37. The lowest BCUT2D eigenvalue weighted by Gasteiger charge is -2.42. The second-order valence-corrected chi connectivity index (χ2v) is 10.6. The Morgan fingerprint density at radius 3 is 2.52 bits per heavy atom. The van der Waals surface area contributed by atoms with Crippen LogP contribution < -0.4 is 16.5 Å². The first kappa shape index (κ1) is 28.3. The Bertz CT molecular complexity index is 1750. The lowest BCUT2D eigenvalue weighted by atomic mass is 10.0. The summed E-state index contributed by atoms with van der Waals surface area (Å²) in [4.78, 5) is 61.5. The Labute approximate surface area is 227 Å². The summed E-state index contributed by atoms with van der Waals surface area (Å²) >= 11 is 0.937. The van der Waals surface area contributed by atoms with Gasteiger partial charge < -0.3 is 36.2 Å². The van der Waals surface area contributed by atoms with Crippen molar-refractivity contribution in [3.8, 4) is 11.5 Å². The van der Waals surface area contributed by atoms with E-state index in [2.05, 4.69) is 20.4 Å². The number of carboxylic acid groups (broad SMARTS) is 1. The molecule has 2 aromatic heterocycles. The number of nitrogens with zero attached hydrogens (tertiary/aromatic N) is 3. The molecule has 4 rings (SSSR count). The van der Waals surface area contributed by atoms with Gasteiger partial charge in [0, 0.05) is 22.5 Å². The van der Waals surface area contributed by atoms with Crippen molar-refractivity contribution in [3.63, 3.8) is 0 Å². The van der Waals surface area contributed by atoms with E-state index in [4.69, 9.17) is 15.1 Å². The number of aliphatic carboxylic acids is 1. The standard InChI is InChI=1S/C21H20N6O11S2/c1-7-16(20(34)27(7)40(35,36)37)25-19(33)17(12-6-39-21(22)24-12)26-38-5-9-11(4-15(30)31)23-10-3-14(29)13(28)2-8(10)18(9)32/h2-3,6-7,16,28-29H,4-5H2,1H3,(H2,22,24)(H,23,32)(H,25,33)(H,30,31)(H,35,36,37)/b26-17-/t7-,16+/m1/s1. The number of phenols is 2. The Hall–Kier alpha value is -4.75. The number of H-pyrrole nitrogens is 1. The van der Waals surface area contributed by atoms with Crippen molar-refractivity contribution in [1.29, 1.82) is 0 Å². The highest BCUT2D eigenvalue weighted by Gasteiger charge is 2.51. The van der Waals surface area contributed by atoms with E-state index in [0.29, 0.717) is 0 Å². The number of pyridine rings is 1. The number of aromatic hydroxyl groups is 2. The number of benzene rings is 1. The third-order valence-electron chi connectivity index (χ3n) is 5.83. The summed E-state index contributed by atoms with van der Waals surface area (Å²) in [5.41, 5.74) is 4.00. The zero-order chi connectivity index (χ0) is 29.5. The average molecular weight is 597 g/mol. The zero-order valence-electron chi connectivity index (χ0n) is 20.2. The Morgan fingerprint density at radius 2 is 1.95 bits per heavy atom. The number of nitrogen functional groups attached to an aromatic ring is 1. The first-order valence-electron chi connectivity index (χ1n) is 11.0. The molecule has 40 heavy (non-hydrogen) atoms. The van der Waals surface area contributed by atoms with Crippen LogP contribution in [-0.4, -0.2) is 78.1 Å². The number of β-lactam (4-membered cyclic amide) rings is 1. The number of aromatic nitrogens is 2. The van der Waals surface area contributed by atoms with Crippen molar-refractivity contribution in [2.45, 2.75) is 32.0 Å². The number of phenolic OH excluding ortho intramolecular Hbond substituents is 2. The van der Waals surface area contributed by atoms with Gasteiger partial charge in [0.2, 0.25) is 0 Å². The van der Waals surface area contributed by atoms with Crippen LogP contribution in [0.3, 0.4) is 0 Å². The average Bonchev–Trinajstić information content (AvgIpc) is 3.27. The van der Waals surface area contributed by atoms with Crippen LogP contribution in [0.15, 0.2) is 27.5 Å². The van der Waals surface area contributed by atoms with Crippen LogP contribution in [0.4, 0.5) is 5.13 Å². The van der Waals surface area contributed by atoms with Gasteiger partial charge in [-0.15, -0.1) is 11.3 Å². The summed E-state index contributed by atoms with van der Waals surface area (Å²) in [7, 11) is -4.84. The van der Waals surface area contributed by atoms with Crippen LogP contribution in [0.25, 0.3) is 10.9 Å². The predicted octanol–water partition coefficient (Wildman–Crippen LogP) is -0.956. The predicted molar refractivity (Wildman–Crippen MR) is 137 cm³/mol. The van der Waals surface area contributed by atoms with E-state index in [1.807, 2.05) is 0 Å². The van der Waals surface area contributed by atoms with Crippen LogP contribution in [-0.2, 0) is 42.6 Å². The second kappa shape index (κ2) is 10.4. The molecule has 1 aromatic carbocycles. The number of amides is 2. The third kappa shape index (κ3) is 5.37. The number of anilines is 1. The van der Waals surface area contributed by atoms with Gasteiger partial charge in [-0.2, -0.15) is 8.42 Å². The smallest absolute Gasteiger partial charge is 0.362 e. The second-order valence-electron chi connectivity index (χ2n) is 8.46. The van der Waals surface area contributed by atoms with Gasteiger partial charge in [0.05, 0.1) is 23.5 Å². The molecule has 212 valence electrons. The molecular weight excluding hydrogens is 576 g/mol. The van der Waals surface area contributed by atoms with Crippen LogP contribution >= 0.6 is 11.3 Å². The molecule has 0 saturated carbocycles. The number of fused-ring (bicyclic) bond motifs is 1. The highest BCUT2D eigenvalue weighted by Crippen LogP contribution is 2.29. The number of nitrogens with one attached hydrogen (secondary N) is 2. The first-order chi connectivity index (χ1) is 18.7. The number of hydrogen-bond acceptors (Lipinski definition) is 13. The summed E-state index contributed by atoms with van der Waals surface area (Å²) in [6, 6.07) is -0.448. The fourth-order valence-electron chi connectivity index (χ4n) is 3.94. The Morgan fingerprint density at radius 1 is 1.27 bits per heavy atom. The number of aromatic amines is 1. The van der Waals surface area contributed by atoms with Crippen molar-refractivity contribution >= 4 is 61.2 Å². The molecule has 1 saturated heterocycles. The molecule has 8 N–H and O–H groups in total. The summed E-state index contributed by atoms with van der Waals surface area (Å²) in [6.45, 7) is 0.600. The minimum absolute atomic E-state index is 0.0407. The minimum Gasteiger partial charge on any atom is -0.504 e. The summed E-state index contributed by atoms with van der Waals surface area (Å²) in [5.74, 6) is -4.59. The molecule has 3 aromatic rings. The molecular formula is C21H20N6O11S2. The van der Waals surface area contributed by atoms with Gasteiger partial charge in [-0.25, -0.2) is 9.29 Å². The van der Waals surface area contributed by atoms with Gasteiger partial charge in [-0.3, -0.25) is 23.7 Å². The molecule has 0 bridgehead atoms. The highest BCUT2D eigenvalue weighted by molar-refractivity contribution is 7.84. The highest BCUT2D eigenvalue weighted by atomic mass is 32.2. The number of carbonyl (C=O) groups excluding carboxylic acids is 2. The quantitative estimate of drug-likeness (QED) is 0.0516. The largest absolute Gasteiger partial charge is 0.504 e. The topological polar surface area (TPSA) is 275 Å². The monoisotopic (exact) mass is 596 g/mol. The van der Waals surface area contributed by atoms with Gasteiger partial charge in [0.15, 0.2) is 27.8 Å². The first-order valence-corrected chi connectivity index (χ1v) is 13.3. The van der Waals surface area contributed by atoms with Crippen LogP contribution in [0.2, 0.25) is 0 Å². The molecule has 1 fully saturated rings. The molecule has 2 amide bonds. The summed E-state index contributed by atoms with van der Waals surface area (Å²) < 4.78 is 32.0. The number of thiazole rings is 1. The van der Waals surface area contributed by atoms with E-state index in [9.17, 15) is 42.9 Å². The van der Waals surface area contributed by atoms with Crippen molar-refractivity contribution in [3.05, 3.63) is 44.7 Å². The molecule has 19 heteroatoms. The minimum atomic E-state index is -4.84. The van der Waals surface area contributed by atoms with E-state index in [0.717, 1.165) is 23.5 Å². The number of carboxylic acids is 1. The van der Waals surface area contributed by atoms with Crippen molar-refractivity contribution in [1.82, 2.24) is 19.6 Å². The van der Waals surface area contributed by atoms with E-state index in [1.54, 1.807) is 0 Å². The lowest BCUT2D eigenvalue weighted by molar-refractivity contribution is -0.144. The maximum atomic E-state index is 13.1. The summed E-state index contributed by atoms with van der Waals surface area (Å²) in [6.07, 6.45) is -0.656. The number of hydrogen-bond donors (Lipinski definition) is 7. The lowest BCUT2D eigenvalue weighted by Crippen LogP contribution is -2.71. The molecule has 17 nitrogen and oxygen atoms in total. The molecule has 0 aliphatic carbocycles. The zero-order valence-corrected chi connectivity index (χ0v) is 21.8. The van der Waals surface area contributed by atoms with Crippen molar-refractivity contribution < 1.29 is 47.5 Å². The van der Waals surface area contributed by atoms with E-state index in [-0.39, 0.29) is 37.3 Å². The van der Waals surface area contributed by atoms with Crippen LogP contribution in [0.5, 0.6) is 11.5 Å². The third-order valence-corrected chi connectivity index (χ3v) is 7.51. The molecule has 0 radical (unpaired) electrons. The van der Waals surface area contributed by atoms with E-state index in [1.165, 1.54) is 12.3 Å². The maximum Gasteiger partial charge on any atom is 0.362 e. The van der Waals surface area contributed by atoms with Gasteiger partial charge in [-0.05, 0) is 13.0 Å². The molecule has 0 spiro atoms. The van der Waals surface area contributed by atoms with Gasteiger partial charge in [0.25, 0.3) is 11.8 Å². The molecule has 3 heterocycles. The van der Waals surface area contributed by atoms with Gasteiger partial charge in [-0.1, -0.05) is 5.16 Å². The molecule has 2 atom stereocenters. The Balaban J connectivity index is 1.65. The molecule has 0 unspecified atom stereocenters. The number of nitrogens with two attached hydrogens (primary N) is 1. The van der Waals surface area contributed by atoms with Crippen LogP contribution in [0, 0.1) is 0 Å². The fraction of sp³-hybridized carbons (Fsp3) is 0.238. The van der Waals surface area contributed by atoms with E-state index >= 15 is 0 Å². The molecule has 1 aliphatic rings. The SMILES string of the molecule is C[C@@H]1[C@H](NC(=O)/C(=N\OCc2c(CC(=O)O)[nH]c3cc(O)c(O)cc3c2=O)c2csc(N)n2)C(=O)N1S(=O)(=O)O. The van der Waals surface area contributed by atoms with Gasteiger partial charge >= 0.3 is 16.3 Å². The number of rotatable bonds is 9. The van der Waals surface area contributed by atoms with E-state index < -0.39 is 75.8 Å². The fourth-order valence-corrected chi connectivity index (χ4v) is 5.37. The van der Waals surface area contributed by atoms with Crippen molar-refractivity contribution in [2.24, 2.45) is 5.16 Å². The maximum absolute atomic E-state index is 13.1. The molecule has 1 aliphatic heterocycles. The van der Waals surface area contributed by atoms with Gasteiger partial charge in [0.1, 0.15) is 18.3 Å². The van der Waals surface area contributed by atoms with Crippen LogP contribution in [0.1, 0.15) is 23.9 Å². The number of carbonyl (C=O) groups is 3. The summed E-state index contributed by atoms with van der Waals surface area (Å²) in [5, 5.41) is 36.1. The normalized spacial score (nSPS) is 17.5. The number of oxime groups is 1.